The molecule has 0 aromatic heterocycles. The van der Waals surface area contributed by atoms with E-state index in [9.17, 15) is 35.4 Å². The zero-order valence-corrected chi connectivity index (χ0v) is 33.4. The first-order valence-electron chi connectivity index (χ1n) is 21.4. The monoisotopic (exact) mass is 744 g/mol. The van der Waals surface area contributed by atoms with Crippen LogP contribution in [-0.4, -0.2) is 98.7 Å². The molecule has 1 rings (SSSR count). The SMILES string of the molecule is CCCCCCCCCCCCCCCCCC(O)C(=O)N[C@@H](CO[C@@H]1O[C@H](CO)[C@@H](O)[C@H](O)[C@H]1O)[C@H](O)/C=C/CCCCCCCCCC(C)C. The average Bonchev–Trinajstić information content (AvgIpc) is 3.13. The van der Waals surface area contributed by atoms with Crippen LogP contribution in [0.3, 0.4) is 0 Å². The Bertz CT molecular complexity index is 857. The molecule has 0 aromatic rings. The lowest BCUT2D eigenvalue weighted by Crippen LogP contribution is -2.60. The minimum absolute atomic E-state index is 0.303. The summed E-state index contributed by atoms with van der Waals surface area (Å²) in [6.07, 6.45) is 23.1. The average molecular weight is 744 g/mol. The summed E-state index contributed by atoms with van der Waals surface area (Å²) in [5, 5.41) is 64.4. The summed E-state index contributed by atoms with van der Waals surface area (Å²) in [6, 6.07) is -0.974. The van der Waals surface area contributed by atoms with Crippen molar-refractivity contribution in [1.82, 2.24) is 5.32 Å². The Morgan fingerprint density at radius 2 is 1.17 bits per heavy atom. The summed E-state index contributed by atoms with van der Waals surface area (Å²) in [6.45, 7) is 5.88. The molecular formula is C42H81NO9. The summed E-state index contributed by atoms with van der Waals surface area (Å²) in [5.41, 5.74) is 0. The minimum atomic E-state index is -1.61. The maximum Gasteiger partial charge on any atom is 0.249 e. The van der Waals surface area contributed by atoms with Crippen LogP contribution >= 0.6 is 0 Å². The van der Waals surface area contributed by atoms with E-state index in [1.54, 1.807) is 6.08 Å². The first kappa shape index (κ1) is 48.9. The Balaban J connectivity index is 2.46. The Kier molecular flexibility index (Phi) is 30.3. The molecule has 0 bridgehead atoms. The van der Waals surface area contributed by atoms with E-state index in [0.29, 0.717) is 6.42 Å². The van der Waals surface area contributed by atoms with Gasteiger partial charge in [-0.05, 0) is 25.2 Å². The summed E-state index contributed by atoms with van der Waals surface area (Å²) < 4.78 is 11.1. The molecule has 0 radical (unpaired) electrons. The van der Waals surface area contributed by atoms with Crippen LogP contribution in [0.4, 0.5) is 0 Å². The maximum absolute atomic E-state index is 13.0. The Morgan fingerprint density at radius 3 is 1.67 bits per heavy atom. The van der Waals surface area contributed by atoms with Crippen LogP contribution in [0.15, 0.2) is 12.2 Å². The number of allylic oxidation sites excluding steroid dienone is 1. The number of amides is 1. The van der Waals surface area contributed by atoms with Crippen molar-refractivity contribution < 1.29 is 44.9 Å². The highest BCUT2D eigenvalue weighted by molar-refractivity contribution is 5.80. The van der Waals surface area contributed by atoms with Crippen molar-refractivity contribution in [2.75, 3.05) is 13.2 Å². The molecule has 0 saturated carbocycles. The molecule has 8 atom stereocenters. The van der Waals surface area contributed by atoms with Crippen LogP contribution in [-0.2, 0) is 14.3 Å². The lowest BCUT2D eigenvalue weighted by atomic mass is 9.99. The van der Waals surface area contributed by atoms with Gasteiger partial charge in [-0.25, -0.2) is 0 Å². The van der Waals surface area contributed by atoms with Crippen molar-refractivity contribution in [3.05, 3.63) is 12.2 Å². The van der Waals surface area contributed by atoms with E-state index >= 15 is 0 Å². The highest BCUT2D eigenvalue weighted by Crippen LogP contribution is 2.23. The predicted molar refractivity (Wildman–Crippen MR) is 209 cm³/mol. The number of aliphatic hydroxyl groups excluding tert-OH is 6. The number of nitrogens with one attached hydrogen (secondary N) is 1. The number of ether oxygens (including phenoxy) is 2. The Hall–Kier alpha value is -1.11. The standard InChI is InChI=1S/C42H81NO9/c1-4-5-6-7-8-9-10-11-12-13-14-17-21-24-27-30-36(46)41(50)43-34(32-51-42-40(49)39(48)38(47)37(31-44)52-42)35(45)29-26-23-20-18-15-16-19-22-25-28-33(2)3/h26,29,33-40,42,44-49H,4-25,27-28,30-32H2,1-3H3,(H,43,50)/b29-26+/t34-,35+,36?,37+,38+,39-,40+,42+/m0/s1. The van der Waals surface area contributed by atoms with Crippen molar-refractivity contribution >= 4 is 5.91 Å². The van der Waals surface area contributed by atoms with Crippen LogP contribution in [0.1, 0.15) is 181 Å². The van der Waals surface area contributed by atoms with Gasteiger partial charge in [-0.2, -0.15) is 0 Å². The molecule has 10 nitrogen and oxygen atoms in total. The fourth-order valence-corrected chi connectivity index (χ4v) is 6.82. The Labute approximate surface area is 317 Å². The Morgan fingerprint density at radius 1 is 0.692 bits per heavy atom. The second-order valence-electron chi connectivity index (χ2n) is 15.8. The molecule has 0 spiro atoms. The minimum Gasteiger partial charge on any atom is -0.394 e. The third-order valence-corrected chi connectivity index (χ3v) is 10.4. The summed E-state index contributed by atoms with van der Waals surface area (Å²) in [4.78, 5) is 13.0. The maximum atomic E-state index is 13.0. The van der Waals surface area contributed by atoms with E-state index < -0.39 is 61.5 Å². The summed E-state index contributed by atoms with van der Waals surface area (Å²) in [5.74, 6) is 0.150. The molecule has 0 aliphatic carbocycles. The van der Waals surface area contributed by atoms with Gasteiger partial charge in [0.15, 0.2) is 6.29 Å². The van der Waals surface area contributed by atoms with E-state index in [4.69, 9.17) is 9.47 Å². The lowest BCUT2D eigenvalue weighted by Gasteiger charge is -2.40. The zero-order valence-electron chi connectivity index (χ0n) is 33.4. The van der Waals surface area contributed by atoms with Gasteiger partial charge in [-0.15, -0.1) is 0 Å². The van der Waals surface area contributed by atoms with Crippen LogP contribution in [0.2, 0.25) is 0 Å². The number of hydrogen-bond donors (Lipinski definition) is 7. The van der Waals surface area contributed by atoms with Crippen LogP contribution in [0.25, 0.3) is 0 Å². The molecule has 1 saturated heterocycles. The van der Waals surface area contributed by atoms with E-state index in [1.807, 2.05) is 6.08 Å². The molecule has 1 heterocycles. The van der Waals surface area contributed by atoms with E-state index in [1.165, 1.54) is 109 Å². The van der Waals surface area contributed by atoms with Crippen molar-refractivity contribution in [3.8, 4) is 0 Å². The number of carbonyl (C=O) groups is 1. The molecule has 7 N–H and O–H groups in total. The third-order valence-electron chi connectivity index (χ3n) is 10.4. The highest BCUT2D eigenvalue weighted by atomic mass is 16.7. The topological polar surface area (TPSA) is 169 Å². The summed E-state index contributed by atoms with van der Waals surface area (Å²) in [7, 11) is 0. The van der Waals surface area contributed by atoms with Crippen LogP contribution in [0.5, 0.6) is 0 Å². The second kappa shape index (κ2) is 32.2. The van der Waals surface area contributed by atoms with Crippen molar-refractivity contribution in [3.63, 3.8) is 0 Å². The van der Waals surface area contributed by atoms with Gasteiger partial charge >= 0.3 is 0 Å². The number of unbranched alkanes of at least 4 members (excludes halogenated alkanes) is 21. The predicted octanol–water partition coefficient (Wildman–Crippen LogP) is 6.99. The van der Waals surface area contributed by atoms with Crippen LogP contribution < -0.4 is 5.32 Å². The van der Waals surface area contributed by atoms with Crippen molar-refractivity contribution in [1.29, 1.82) is 0 Å². The molecule has 1 aliphatic heterocycles. The second-order valence-corrected chi connectivity index (χ2v) is 15.8. The third kappa shape index (κ3) is 23.6. The fourth-order valence-electron chi connectivity index (χ4n) is 6.82. The van der Waals surface area contributed by atoms with E-state index in [0.717, 1.165) is 50.9 Å². The van der Waals surface area contributed by atoms with Gasteiger partial charge in [0.05, 0.1) is 25.4 Å². The van der Waals surface area contributed by atoms with Crippen molar-refractivity contribution in [2.24, 2.45) is 5.92 Å². The molecule has 52 heavy (non-hydrogen) atoms. The largest absolute Gasteiger partial charge is 0.394 e. The molecule has 1 unspecified atom stereocenters. The number of rotatable bonds is 34. The molecule has 0 aromatic carbocycles. The zero-order chi connectivity index (χ0) is 38.4. The highest BCUT2D eigenvalue weighted by Gasteiger charge is 2.44. The summed E-state index contributed by atoms with van der Waals surface area (Å²) >= 11 is 0. The number of carbonyl (C=O) groups excluding carboxylic acids is 1. The normalized spacial score (nSPS) is 22.6. The quantitative estimate of drug-likeness (QED) is 0.0271. The molecule has 1 amide bonds. The molecule has 10 heteroatoms. The van der Waals surface area contributed by atoms with Gasteiger partial charge in [0.2, 0.25) is 5.91 Å². The lowest BCUT2D eigenvalue weighted by molar-refractivity contribution is -0.302. The number of hydrogen-bond acceptors (Lipinski definition) is 9. The smallest absolute Gasteiger partial charge is 0.249 e. The molecular weight excluding hydrogens is 662 g/mol. The van der Waals surface area contributed by atoms with E-state index in [-0.39, 0.29) is 6.61 Å². The molecule has 1 fully saturated rings. The van der Waals surface area contributed by atoms with Gasteiger partial charge in [0, 0.05) is 0 Å². The van der Waals surface area contributed by atoms with Crippen LogP contribution in [0, 0.1) is 5.92 Å². The van der Waals surface area contributed by atoms with Gasteiger partial charge in [0.25, 0.3) is 0 Å². The molecule has 1 aliphatic rings. The van der Waals surface area contributed by atoms with Gasteiger partial charge in [-0.3, -0.25) is 4.79 Å². The molecule has 308 valence electrons. The van der Waals surface area contributed by atoms with Gasteiger partial charge < -0.3 is 45.4 Å². The first-order chi connectivity index (χ1) is 25.1. The van der Waals surface area contributed by atoms with Gasteiger partial charge in [-0.1, -0.05) is 174 Å². The first-order valence-corrected chi connectivity index (χ1v) is 21.4. The van der Waals surface area contributed by atoms with Crippen molar-refractivity contribution in [2.45, 2.75) is 230 Å². The van der Waals surface area contributed by atoms with E-state index in [2.05, 4.69) is 26.1 Å². The van der Waals surface area contributed by atoms with Gasteiger partial charge in [0.1, 0.15) is 30.5 Å². The fraction of sp³-hybridized carbons (Fsp3) is 0.929. The number of aliphatic hydroxyl groups is 6.